The third kappa shape index (κ3) is 5.36. The molecular formula is C26H21N3O5S. The topological polar surface area (TPSA) is 110 Å². The van der Waals surface area contributed by atoms with Crippen LogP contribution in [0, 0.1) is 10.1 Å². The first kappa shape index (κ1) is 23.7. The summed E-state index contributed by atoms with van der Waals surface area (Å²) < 4.78 is 28.5. The van der Waals surface area contributed by atoms with Gasteiger partial charge >= 0.3 is 0 Å². The number of nitrogens with one attached hydrogen (secondary N) is 1. The second-order valence-corrected chi connectivity index (χ2v) is 9.45. The molecule has 1 N–H and O–H groups in total. The number of sulfonamides is 1. The highest BCUT2D eigenvalue weighted by Crippen LogP contribution is 2.27. The Morgan fingerprint density at radius 3 is 2.00 bits per heavy atom. The van der Waals surface area contributed by atoms with Gasteiger partial charge in [-0.15, -0.1) is 0 Å². The standard InChI is InChI=1S/C26H21N3O5S/c30-26(24-13-7-8-14-25(24)29(31)32)27-21-15-17-23(18-16-21)35(33,34)28(22-11-5-2-6-12-22)19-20-9-3-1-4-10-20/h1-18H,19H2,(H,27,30). The fraction of sp³-hybridized carbons (Fsp3) is 0.0385. The van der Waals surface area contributed by atoms with Gasteiger partial charge < -0.3 is 5.32 Å². The first-order chi connectivity index (χ1) is 16.9. The molecule has 0 aliphatic carbocycles. The van der Waals surface area contributed by atoms with Gasteiger partial charge in [0.1, 0.15) is 5.56 Å². The molecule has 0 radical (unpaired) electrons. The summed E-state index contributed by atoms with van der Waals surface area (Å²) in [6.45, 7) is 0.142. The molecule has 0 aliphatic rings. The van der Waals surface area contributed by atoms with E-state index in [1.165, 1.54) is 52.8 Å². The molecule has 1 amide bonds. The van der Waals surface area contributed by atoms with Gasteiger partial charge in [0.2, 0.25) is 0 Å². The summed E-state index contributed by atoms with van der Waals surface area (Å²) in [7, 11) is -3.94. The third-order valence-corrected chi connectivity index (χ3v) is 7.05. The fourth-order valence-corrected chi connectivity index (χ4v) is 4.97. The SMILES string of the molecule is O=C(Nc1ccc(S(=O)(=O)N(Cc2ccccc2)c2ccccc2)cc1)c1ccccc1[N+](=O)[O-]. The van der Waals surface area contributed by atoms with E-state index in [9.17, 15) is 23.3 Å². The largest absolute Gasteiger partial charge is 0.322 e. The number of hydrogen-bond donors (Lipinski definition) is 1. The second-order valence-electron chi connectivity index (χ2n) is 7.59. The van der Waals surface area contributed by atoms with E-state index in [1.54, 1.807) is 24.3 Å². The van der Waals surface area contributed by atoms with Crippen molar-refractivity contribution in [2.24, 2.45) is 0 Å². The number of carbonyl (C=O) groups excluding carboxylic acids is 1. The molecular weight excluding hydrogens is 466 g/mol. The normalized spacial score (nSPS) is 11.0. The maximum absolute atomic E-state index is 13.6. The minimum absolute atomic E-state index is 0.0426. The maximum atomic E-state index is 13.6. The Morgan fingerprint density at radius 2 is 1.37 bits per heavy atom. The van der Waals surface area contributed by atoms with Gasteiger partial charge in [0.15, 0.2) is 0 Å². The summed E-state index contributed by atoms with van der Waals surface area (Å²) in [6, 6.07) is 29.4. The van der Waals surface area contributed by atoms with Crippen molar-refractivity contribution in [2.75, 3.05) is 9.62 Å². The molecule has 0 heterocycles. The van der Waals surface area contributed by atoms with Crippen LogP contribution in [0.1, 0.15) is 15.9 Å². The van der Waals surface area contributed by atoms with Crippen LogP contribution in [0.25, 0.3) is 0 Å². The summed E-state index contributed by atoms with van der Waals surface area (Å²) >= 11 is 0. The van der Waals surface area contributed by atoms with Crippen molar-refractivity contribution in [1.82, 2.24) is 0 Å². The molecule has 4 rings (SSSR count). The van der Waals surface area contributed by atoms with Gasteiger partial charge in [-0.2, -0.15) is 0 Å². The number of benzene rings is 4. The highest BCUT2D eigenvalue weighted by molar-refractivity contribution is 7.92. The lowest BCUT2D eigenvalue weighted by Gasteiger charge is -2.25. The minimum atomic E-state index is -3.94. The van der Waals surface area contributed by atoms with E-state index in [2.05, 4.69) is 5.32 Å². The van der Waals surface area contributed by atoms with Crippen molar-refractivity contribution in [2.45, 2.75) is 11.4 Å². The van der Waals surface area contributed by atoms with Crippen molar-refractivity contribution in [3.63, 3.8) is 0 Å². The number of rotatable bonds is 8. The molecule has 0 saturated carbocycles. The molecule has 0 fully saturated rings. The van der Waals surface area contributed by atoms with Crippen LogP contribution >= 0.6 is 0 Å². The zero-order chi connectivity index (χ0) is 24.8. The number of hydrogen-bond acceptors (Lipinski definition) is 5. The van der Waals surface area contributed by atoms with E-state index in [0.717, 1.165) is 5.56 Å². The maximum Gasteiger partial charge on any atom is 0.282 e. The third-order valence-electron chi connectivity index (χ3n) is 5.26. The zero-order valence-corrected chi connectivity index (χ0v) is 19.3. The molecule has 0 saturated heterocycles. The van der Waals surface area contributed by atoms with Crippen LogP contribution in [0.5, 0.6) is 0 Å². The van der Waals surface area contributed by atoms with E-state index in [1.807, 2.05) is 36.4 Å². The fourth-order valence-electron chi connectivity index (χ4n) is 3.52. The van der Waals surface area contributed by atoms with Crippen LogP contribution in [-0.4, -0.2) is 19.2 Å². The quantitative estimate of drug-likeness (QED) is 0.270. The molecule has 176 valence electrons. The van der Waals surface area contributed by atoms with Gasteiger partial charge in [-0.3, -0.25) is 19.2 Å². The minimum Gasteiger partial charge on any atom is -0.322 e. The second kappa shape index (κ2) is 10.2. The van der Waals surface area contributed by atoms with Crippen molar-refractivity contribution < 1.29 is 18.1 Å². The van der Waals surface area contributed by atoms with Crippen molar-refractivity contribution in [1.29, 1.82) is 0 Å². The Hall–Kier alpha value is -4.50. The number of carbonyl (C=O) groups is 1. The summed E-state index contributed by atoms with van der Waals surface area (Å²) in [5.41, 5.74) is 1.25. The van der Waals surface area contributed by atoms with Crippen molar-refractivity contribution in [3.8, 4) is 0 Å². The van der Waals surface area contributed by atoms with E-state index >= 15 is 0 Å². The first-order valence-electron chi connectivity index (χ1n) is 10.6. The summed E-state index contributed by atoms with van der Waals surface area (Å²) in [4.78, 5) is 23.2. The van der Waals surface area contributed by atoms with Crippen molar-refractivity contribution in [3.05, 3.63) is 130 Å². The van der Waals surface area contributed by atoms with E-state index in [-0.39, 0.29) is 22.7 Å². The van der Waals surface area contributed by atoms with Gasteiger partial charge in [0.05, 0.1) is 22.1 Å². The highest BCUT2D eigenvalue weighted by Gasteiger charge is 2.25. The lowest BCUT2D eigenvalue weighted by Crippen LogP contribution is -2.30. The van der Waals surface area contributed by atoms with Crippen molar-refractivity contribution >= 4 is 33.0 Å². The molecule has 9 heteroatoms. The zero-order valence-electron chi connectivity index (χ0n) is 18.4. The molecule has 0 unspecified atom stereocenters. The number of nitrogens with zero attached hydrogens (tertiary/aromatic N) is 2. The van der Waals surface area contributed by atoms with Crippen LogP contribution in [0.3, 0.4) is 0 Å². The molecule has 4 aromatic carbocycles. The van der Waals surface area contributed by atoms with Gasteiger partial charge in [0, 0.05) is 11.8 Å². The Bertz CT molecular complexity index is 1440. The Labute approximate surface area is 202 Å². The molecule has 4 aromatic rings. The average molecular weight is 488 g/mol. The monoisotopic (exact) mass is 487 g/mol. The van der Waals surface area contributed by atoms with Gasteiger partial charge in [-0.05, 0) is 48.0 Å². The predicted molar refractivity (Wildman–Crippen MR) is 134 cm³/mol. The molecule has 35 heavy (non-hydrogen) atoms. The van der Waals surface area contributed by atoms with Crippen LogP contribution in [0.15, 0.2) is 114 Å². The number of amides is 1. The van der Waals surface area contributed by atoms with Crippen LogP contribution in [0.4, 0.5) is 17.1 Å². The summed E-state index contributed by atoms with van der Waals surface area (Å²) in [6.07, 6.45) is 0. The summed E-state index contributed by atoms with van der Waals surface area (Å²) in [5, 5.41) is 13.8. The molecule has 0 atom stereocenters. The van der Waals surface area contributed by atoms with Crippen LogP contribution in [-0.2, 0) is 16.6 Å². The molecule has 0 aliphatic heterocycles. The van der Waals surface area contributed by atoms with E-state index in [0.29, 0.717) is 11.4 Å². The molecule has 0 aromatic heterocycles. The highest BCUT2D eigenvalue weighted by atomic mass is 32.2. The molecule has 8 nitrogen and oxygen atoms in total. The number of para-hydroxylation sites is 2. The Morgan fingerprint density at radius 1 is 0.800 bits per heavy atom. The van der Waals surface area contributed by atoms with Gasteiger partial charge in [-0.25, -0.2) is 8.42 Å². The smallest absolute Gasteiger partial charge is 0.282 e. The Balaban J connectivity index is 1.60. The first-order valence-corrected chi connectivity index (χ1v) is 12.1. The predicted octanol–water partition coefficient (Wildman–Crippen LogP) is 5.24. The lowest BCUT2D eigenvalue weighted by atomic mass is 10.1. The lowest BCUT2D eigenvalue weighted by molar-refractivity contribution is -0.385. The van der Waals surface area contributed by atoms with Crippen LogP contribution < -0.4 is 9.62 Å². The molecule has 0 spiro atoms. The number of nitro benzene ring substituents is 1. The van der Waals surface area contributed by atoms with Gasteiger partial charge in [-0.1, -0.05) is 60.7 Å². The molecule has 0 bridgehead atoms. The summed E-state index contributed by atoms with van der Waals surface area (Å²) in [5.74, 6) is -0.664. The number of anilines is 2. The Kier molecular flexibility index (Phi) is 6.88. The van der Waals surface area contributed by atoms with Crippen LogP contribution in [0.2, 0.25) is 0 Å². The van der Waals surface area contributed by atoms with E-state index < -0.39 is 20.9 Å². The van der Waals surface area contributed by atoms with Gasteiger partial charge in [0.25, 0.3) is 21.6 Å². The average Bonchev–Trinajstić information content (AvgIpc) is 2.88. The van der Waals surface area contributed by atoms with E-state index in [4.69, 9.17) is 0 Å². The number of nitro groups is 1.